The largest absolute Gasteiger partial charge is 1.00 e. The molecule has 6 N–H and O–H groups in total. The first-order valence-electron chi connectivity index (χ1n) is 10.1. The number of benzene rings is 2. The molecule has 1 saturated carbocycles. The normalized spacial score (nSPS) is 21.4. The molecular weight excluding hydrogens is 507 g/mol. The summed E-state index contributed by atoms with van der Waals surface area (Å²) < 4.78 is 39.9. The van der Waals surface area contributed by atoms with Crippen LogP contribution in [0.25, 0.3) is 0 Å². The van der Waals surface area contributed by atoms with E-state index < -0.39 is 66.5 Å². The molecule has 1 aliphatic carbocycles. The van der Waals surface area contributed by atoms with Crippen molar-refractivity contribution in [1.82, 2.24) is 0 Å². The molecule has 0 saturated heterocycles. The number of carbonyl (C=O) groups excluding carboxylic acids is 1. The van der Waals surface area contributed by atoms with Crippen LogP contribution in [0.15, 0.2) is 42.5 Å². The van der Waals surface area contributed by atoms with Crippen molar-refractivity contribution in [2.75, 3.05) is 10.6 Å². The van der Waals surface area contributed by atoms with Crippen LogP contribution in [0.4, 0.5) is 30.2 Å². The number of hydrogen-bond acceptors (Lipinski definition) is 6. The van der Waals surface area contributed by atoms with Crippen LogP contribution in [0, 0.1) is 11.8 Å². The SMILES string of the molecule is O=C(O)c1ccccc1Nc1ccc(C(F)(F)F)cc1NC(=O)[C@H]1CC(O)C(O)C[C@@H]1C(=O)O.[H-].[H-].[Na+].[Na+]. The first-order valence-corrected chi connectivity index (χ1v) is 10.1. The zero-order chi connectivity index (χ0) is 25.2. The zero-order valence-corrected chi connectivity index (χ0v) is 23.4. The summed E-state index contributed by atoms with van der Waals surface area (Å²) in [6, 6.07) is 7.99. The second-order valence-corrected chi connectivity index (χ2v) is 7.88. The molecule has 0 aliphatic heterocycles. The summed E-state index contributed by atoms with van der Waals surface area (Å²) in [5.74, 6) is -6.35. The minimum Gasteiger partial charge on any atom is -1.00 e. The van der Waals surface area contributed by atoms with E-state index in [1.165, 1.54) is 24.3 Å². The Kier molecular flexibility index (Phi) is 11.9. The smallest absolute Gasteiger partial charge is 1.00 e. The maximum Gasteiger partial charge on any atom is 1.00 e. The number of nitrogens with one attached hydrogen (secondary N) is 2. The third-order valence-corrected chi connectivity index (χ3v) is 5.61. The van der Waals surface area contributed by atoms with Crippen LogP contribution in [-0.4, -0.2) is 50.5 Å². The van der Waals surface area contributed by atoms with E-state index in [9.17, 15) is 48.0 Å². The van der Waals surface area contributed by atoms with E-state index in [-0.39, 0.29) is 84.6 Å². The molecule has 0 aromatic heterocycles. The molecule has 9 nitrogen and oxygen atoms in total. The average molecular weight is 530 g/mol. The van der Waals surface area contributed by atoms with Crippen LogP contribution >= 0.6 is 0 Å². The molecule has 4 atom stereocenters. The summed E-state index contributed by atoms with van der Waals surface area (Å²) in [5.41, 5.74) is -1.67. The van der Waals surface area contributed by atoms with Gasteiger partial charge in [-0.3, -0.25) is 9.59 Å². The van der Waals surface area contributed by atoms with E-state index in [0.717, 1.165) is 12.1 Å². The van der Waals surface area contributed by atoms with Gasteiger partial charge in [-0.05, 0) is 43.2 Å². The molecule has 2 unspecified atom stereocenters. The molecule has 0 radical (unpaired) electrons. The number of aliphatic carboxylic acids is 1. The maximum absolute atomic E-state index is 13.3. The number of alkyl halides is 3. The third kappa shape index (κ3) is 7.68. The van der Waals surface area contributed by atoms with Crippen LogP contribution < -0.4 is 69.7 Å². The zero-order valence-electron chi connectivity index (χ0n) is 21.4. The topological polar surface area (TPSA) is 156 Å². The summed E-state index contributed by atoms with van der Waals surface area (Å²) in [6.07, 6.45) is -8.32. The van der Waals surface area contributed by atoms with E-state index in [2.05, 4.69) is 10.6 Å². The fraction of sp³-hybridized carbons (Fsp3) is 0.318. The quantitative estimate of drug-likeness (QED) is 0.218. The fourth-order valence-corrected chi connectivity index (χ4v) is 3.81. The molecule has 0 spiro atoms. The molecule has 14 heteroatoms. The van der Waals surface area contributed by atoms with Gasteiger partial charge in [-0.25, -0.2) is 4.79 Å². The summed E-state index contributed by atoms with van der Waals surface area (Å²) in [5, 5.41) is 43.4. The number of carboxylic acid groups (broad SMARTS) is 2. The van der Waals surface area contributed by atoms with Gasteiger partial charge in [-0.15, -0.1) is 0 Å². The van der Waals surface area contributed by atoms with Crippen LogP contribution in [0.5, 0.6) is 0 Å². The second kappa shape index (κ2) is 13.2. The Morgan fingerprint density at radius 1 is 0.861 bits per heavy atom. The van der Waals surface area contributed by atoms with Crippen molar-refractivity contribution in [3.05, 3.63) is 53.6 Å². The van der Waals surface area contributed by atoms with Gasteiger partial charge in [-0.2, -0.15) is 13.2 Å². The Hall–Kier alpha value is -1.64. The Labute approximate surface area is 250 Å². The Bertz CT molecular complexity index is 1130. The average Bonchev–Trinajstić information content (AvgIpc) is 2.75. The van der Waals surface area contributed by atoms with Crippen molar-refractivity contribution in [3.8, 4) is 0 Å². The van der Waals surface area contributed by atoms with E-state index in [1.54, 1.807) is 0 Å². The van der Waals surface area contributed by atoms with E-state index in [1.807, 2.05) is 0 Å². The number of rotatable bonds is 6. The molecule has 3 rings (SSSR count). The first kappa shape index (κ1) is 32.4. The molecule has 2 aromatic carbocycles. The number of carbonyl (C=O) groups is 3. The number of aromatic carboxylic acids is 1. The van der Waals surface area contributed by atoms with Crippen molar-refractivity contribution in [3.63, 3.8) is 0 Å². The number of amides is 1. The van der Waals surface area contributed by atoms with Crippen molar-refractivity contribution in [1.29, 1.82) is 0 Å². The van der Waals surface area contributed by atoms with Crippen molar-refractivity contribution in [2.24, 2.45) is 11.8 Å². The maximum atomic E-state index is 13.3. The number of aliphatic hydroxyl groups excluding tert-OH is 2. The van der Waals surface area contributed by atoms with Crippen LogP contribution in [0.1, 0.15) is 31.6 Å². The number of carboxylic acids is 2. The number of hydrogen-bond donors (Lipinski definition) is 6. The van der Waals surface area contributed by atoms with Crippen molar-refractivity contribution < 1.29 is 110 Å². The summed E-state index contributed by atoms with van der Waals surface area (Å²) >= 11 is 0. The van der Waals surface area contributed by atoms with Gasteiger partial charge in [0.15, 0.2) is 0 Å². The molecule has 1 fully saturated rings. The van der Waals surface area contributed by atoms with Gasteiger partial charge in [0.1, 0.15) is 0 Å². The van der Waals surface area contributed by atoms with E-state index in [4.69, 9.17) is 0 Å². The molecule has 36 heavy (non-hydrogen) atoms. The van der Waals surface area contributed by atoms with Gasteiger partial charge in [0.25, 0.3) is 0 Å². The van der Waals surface area contributed by atoms with Crippen molar-refractivity contribution in [2.45, 2.75) is 31.2 Å². The van der Waals surface area contributed by atoms with Crippen molar-refractivity contribution >= 4 is 34.9 Å². The minimum absolute atomic E-state index is 0. The molecular formula is C22H23F3N2Na2O7. The number of anilines is 3. The van der Waals surface area contributed by atoms with E-state index >= 15 is 0 Å². The van der Waals surface area contributed by atoms with Gasteiger partial charge in [0.2, 0.25) is 5.91 Å². The molecule has 1 amide bonds. The second-order valence-electron chi connectivity index (χ2n) is 7.88. The predicted molar refractivity (Wildman–Crippen MR) is 115 cm³/mol. The molecule has 1 aliphatic rings. The summed E-state index contributed by atoms with van der Waals surface area (Å²) in [7, 11) is 0. The molecule has 0 bridgehead atoms. The minimum atomic E-state index is -4.76. The number of halogens is 3. The van der Waals surface area contributed by atoms with Crippen LogP contribution in [0.3, 0.4) is 0 Å². The summed E-state index contributed by atoms with van der Waals surface area (Å²) in [6.45, 7) is 0. The number of aliphatic hydroxyl groups is 2. The fourth-order valence-electron chi connectivity index (χ4n) is 3.81. The first-order chi connectivity index (χ1) is 15.9. The Morgan fingerprint density at radius 3 is 2.00 bits per heavy atom. The van der Waals surface area contributed by atoms with Gasteiger partial charge in [-0.1, -0.05) is 12.1 Å². The van der Waals surface area contributed by atoms with Crippen LogP contribution in [-0.2, 0) is 15.8 Å². The molecule has 0 heterocycles. The Morgan fingerprint density at radius 2 is 1.44 bits per heavy atom. The third-order valence-electron chi connectivity index (χ3n) is 5.61. The summed E-state index contributed by atoms with van der Waals surface area (Å²) in [4.78, 5) is 36.0. The molecule has 2 aromatic rings. The van der Waals surface area contributed by atoms with Gasteiger partial charge in [0.05, 0.1) is 52.2 Å². The van der Waals surface area contributed by atoms with Crippen LogP contribution in [0.2, 0.25) is 0 Å². The van der Waals surface area contributed by atoms with Gasteiger partial charge in [0, 0.05) is 0 Å². The van der Waals surface area contributed by atoms with Gasteiger partial charge < -0.3 is 33.9 Å². The van der Waals surface area contributed by atoms with Gasteiger partial charge >= 0.3 is 77.2 Å². The monoisotopic (exact) mass is 530 g/mol. The molecule has 186 valence electrons. The van der Waals surface area contributed by atoms with E-state index in [0.29, 0.717) is 6.07 Å². The standard InChI is InChI=1S/C22H21F3N2O7.2Na.2H/c23-22(24,25)10-5-6-15(26-14-4-2-1-3-11(14)20(31)32)16(7-10)27-19(30)12-8-17(28)18(29)9-13(12)21(33)34;;;;/h1-7,12-13,17-18,26,28-29H,8-9H2,(H,27,30)(H,31,32)(H,33,34);;;;/q;2*+1;2*-1/t12-,13-,17?,18?;;;;/m0..../s1. The number of para-hydroxylation sites is 1. The Balaban J connectivity index is 0. The predicted octanol–water partition coefficient (Wildman–Crippen LogP) is -2.85.